The Morgan fingerprint density at radius 3 is 2.17 bits per heavy atom. The van der Waals surface area contributed by atoms with E-state index in [1.54, 1.807) is 25.1 Å². The van der Waals surface area contributed by atoms with Crippen LogP contribution in [0.15, 0.2) is 52.4 Å². The first-order chi connectivity index (χ1) is 13.6. The molecular weight excluding hydrogens is 407 g/mol. The minimum absolute atomic E-state index is 0.167. The van der Waals surface area contributed by atoms with E-state index < -0.39 is 27.5 Å². The van der Waals surface area contributed by atoms with Gasteiger partial charge in [-0.25, -0.2) is 8.42 Å². The average Bonchev–Trinajstić information content (AvgIpc) is 2.66. The van der Waals surface area contributed by atoms with Crippen molar-refractivity contribution >= 4 is 15.5 Å². The molecule has 29 heavy (non-hydrogen) atoms. The van der Waals surface area contributed by atoms with Crippen LogP contribution >= 0.6 is 0 Å². The summed E-state index contributed by atoms with van der Waals surface area (Å²) in [4.78, 5) is 3.39. The number of alkyl halides is 3. The van der Waals surface area contributed by atoms with E-state index in [9.17, 15) is 21.6 Å². The van der Waals surface area contributed by atoms with Gasteiger partial charge in [0, 0.05) is 6.54 Å². The summed E-state index contributed by atoms with van der Waals surface area (Å²) in [5.74, 6) is -0.252. The maximum absolute atomic E-state index is 13.3. The molecule has 0 amide bonds. The summed E-state index contributed by atoms with van der Waals surface area (Å²) in [6.45, 7) is 1.54. The maximum Gasteiger partial charge on any atom is 0.430 e. The van der Waals surface area contributed by atoms with E-state index >= 15 is 0 Å². The number of halogens is 3. The molecule has 0 radical (unpaired) electrons. The lowest BCUT2D eigenvalue weighted by Crippen LogP contribution is -2.31. The SMILES string of the molecule is COc1ccc(CCN=C(CS(=O)(=O)c2ccc(C)cc2)C(F)(F)F)cc1OC. The van der Waals surface area contributed by atoms with Crippen molar-refractivity contribution in [3.63, 3.8) is 0 Å². The van der Waals surface area contributed by atoms with Crippen LogP contribution < -0.4 is 9.47 Å². The minimum atomic E-state index is -4.84. The molecule has 0 aliphatic heterocycles. The molecule has 2 aromatic carbocycles. The van der Waals surface area contributed by atoms with Crippen LogP contribution in [-0.2, 0) is 16.3 Å². The summed E-state index contributed by atoms with van der Waals surface area (Å²) in [6, 6.07) is 10.6. The van der Waals surface area contributed by atoms with Crippen LogP contribution in [0.5, 0.6) is 11.5 Å². The predicted octanol–water partition coefficient (Wildman–Crippen LogP) is 4.03. The molecule has 2 aromatic rings. The molecule has 158 valence electrons. The van der Waals surface area contributed by atoms with Crippen LogP contribution in [-0.4, -0.2) is 46.8 Å². The number of aliphatic imine (C=N–C) groups is 1. The van der Waals surface area contributed by atoms with Crippen LogP contribution in [0.4, 0.5) is 13.2 Å². The predicted molar refractivity (Wildman–Crippen MR) is 105 cm³/mol. The lowest BCUT2D eigenvalue weighted by molar-refractivity contribution is -0.0592. The standard InChI is InChI=1S/C20H22F3NO4S/c1-14-4-7-16(8-5-14)29(25,26)13-19(20(21,22)23)24-11-10-15-6-9-17(27-2)18(12-15)28-3/h4-9,12H,10-11,13H2,1-3H3. The molecule has 0 aromatic heterocycles. The third kappa shape index (κ3) is 6.22. The number of rotatable bonds is 8. The number of hydrogen-bond acceptors (Lipinski definition) is 5. The van der Waals surface area contributed by atoms with E-state index in [0.29, 0.717) is 17.1 Å². The van der Waals surface area contributed by atoms with Crippen molar-refractivity contribution in [3.8, 4) is 11.5 Å². The second-order valence-corrected chi connectivity index (χ2v) is 8.33. The van der Waals surface area contributed by atoms with Crippen LogP contribution in [0.3, 0.4) is 0 Å². The molecule has 2 rings (SSSR count). The number of benzene rings is 2. The molecule has 9 heteroatoms. The first kappa shape index (κ1) is 22.7. The zero-order valence-electron chi connectivity index (χ0n) is 16.3. The highest BCUT2D eigenvalue weighted by Crippen LogP contribution is 2.28. The van der Waals surface area contributed by atoms with Gasteiger partial charge in [0.15, 0.2) is 21.3 Å². The summed E-state index contributed by atoms with van der Waals surface area (Å²) in [5, 5.41) is 0. The molecule has 0 fully saturated rings. The van der Waals surface area contributed by atoms with Gasteiger partial charge in [-0.3, -0.25) is 4.99 Å². The van der Waals surface area contributed by atoms with Crippen molar-refractivity contribution in [1.29, 1.82) is 0 Å². The van der Waals surface area contributed by atoms with Gasteiger partial charge < -0.3 is 9.47 Å². The second-order valence-electron chi connectivity index (χ2n) is 6.34. The molecule has 0 N–H and O–H groups in total. The van der Waals surface area contributed by atoms with Crippen molar-refractivity contribution in [2.75, 3.05) is 26.5 Å². The molecule has 5 nitrogen and oxygen atoms in total. The monoisotopic (exact) mass is 429 g/mol. The third-order valence-electron chi connectivity index (χ3n) is 4.19. The van der Waals surface area contributed by atoms with E-state index in [0.717, 1.165) is 5.56 Å². The van der Waals surface area contributed by atoms with Gasteiger partial charge >= 0.3 is 6.18 Å². The minimum Gasteiger partial charge on any atom is -0.493 e. The Labute approximate surface area is 168 Å². The smallest absolute Gasteiger partial charge is 0.430 e. The highest BCUT2D eigenvalue weighted by atomic mass is 32.2. The second kappa shape index (κ2) is 9.30. The lowest BCUT2D eigenvalue weighted by atomic mass is 10.1. The summed E-state index contributed by atoms with van der Waals surface area (Å²) in [6.07, 6.45) is -4.65. The van der Waals surface area contributed by atoms with E-state index in [1.807, 2.05) is 0 Å². The van der Waals surface area contributed by atoms with Crippen LogP contribution in [0.2, 0.25) is 0 Å². The molecule has 0 atom stereocenters. The molecule has 0 heterocycles. The van der Waals surface area contributed by atoms with Crippen molar-refractivity contribution < 1.29 is 31.1 Å². The van der Waals surface area contributed by atoms with Crippen LogP contribution in [0.25, 0.3) is 0 Å². The van der Waals surface area contributed by atoms with Gasteiger partial charge in [0.1, 0.15) is 11.5 Å². The van der Waals surface area contributed by atoms with Crippen molar-refractivity contribution in [3.05, 3.63) is 53.6 Å². The van der Waals surface area contributed by atoms with E-state index in [1.165, 1.54) is 38.5 Å². The topological polar surface area (TPSA) is 65.0 Å². The lowest BCUT2D eigenvalue weighted by Gasteiger charge is -2.12. The van der Waals surface area contributed by atoms with Gasteiger partial charge in [0.05, 0.1) is 19.1 Å². The molecule has 0 spiro atoms. The molecule has 0 aliphatic rings. The van der Waals surface area contributed by atoms with Gasteiger partial charge in [-0.2, -0.15) is 13.2 Å². The van der Waals surface area contributed by atoms with E-state index in [4.69, 9.17) is 9.47 Å². The Morgan fingerprint density at radius 1 is 1.00 bits per heavy atom. The molecular formula is C20H22F3NO4S. The van der Waals surface area contributed by atoms with Crippen molar-refractivity contribution in [2.24, 2.45) is 4.99 Å². The summed E-state index contributed by atoms with van der Waals surface area (Å²) in [5.41, 5.74) is 0.177. The van der Waals surface area contributed by atoms with Gasteiger partial charge in [0.2, 0.25) is 0 Å². The quantitative estimate of drug-likeness (QED) is 0.595. The zero-order valence-corrected chi connectivity index (χ0v) is 17.1. The van der Waals surface area contributed by atoms with E-state index in [2.05, 4.69) is 4.99 Å². The average molecular weight is 429 g/mol. The third-order valence-corrected chi connectivity index (χ3v) is 5.83. The Bertz CT molecular complexity index is 968. The van der Waals surface area contributed by atoms with Gasteiger partial charge in [-0.05, 0) is 43.2 Å². The molecule has 0 unspecified atom stereocenters. The van der Waals surface area contributed by atoms with Crippen LogP contribution in [0, 0.1) is 6.92 Å². The molecule has 0 saturated carbocycles. The Kier molecular flexibility index (Phi) is 7.29. The Morgan fingerprint density at radius 2 is 1.62 bits per heavy atom. The van der Waals surface area contributed by atoms with Crippen molar-refractivity contribution in [1.82, 2.24) is 0 Å². The normalized spacial score (nSPS) is 12.7. The number of methoxy groups -OCH3 is 2. The molecule has 0 saturated heterocycles. The van der Waals surface area contributed by atoms with Crippen molar-refractivity contribution in [2.45, 2.75) is 24.4 Å². The molecule has 0 bridgehead atoms. The number of ether oxygens (including phenoxy) is 2. The fraction of sp³-hybridized carbons (Fsp3) is 0.350. The fourth-order valence-electron chi connectivity index (χ4n) is 2.58. The van der Waals surface area contributed by atoms with Crippen LogP contribution in [0.1, 0.15) is 11.1 Å². The number of nitrogens with zero attached hydrogens (tertiary/aromatic N) is 1. The fourth-order valence-corrected chi connectivity index (χ4v) is 3.91. The summed E-state index contributed by atoms with van der Waals surface area (Å²) < 4.78 is 75.1. The molecule has 0 aliphatic carbocycles. The number of hydrogen-bond donors (Lipinski definition) is 0. The largest absolute Gasteiger partial charge is 0.493 e. The number of sulfone groups is 1. The Hall–Kier alpha value is -2.55. The maximum atomic E-state index is 13.3. The zero-order chi connectivity index (χ0) is 21.7. The first-order valence-corrected chi connectivity index (χ1v) is 10.3. The number of aryl methyl sites for hydroxylation is 1. The van der Waals surface area contributed by atoms with E-state index in [-0.39, 0.29) is 17.9 Å². The van der Waals surface area contributed by atoms with Gasteiger partial charge in [-0.1, -0.05) is 23.8 Å². The Balaban J connectivity index is 2.18. The summed E-state index contributed by atoms with van der Waals surface area (Å²) in [7, 11) is -1.23. The highest BCUT2D eigenvalue weighted by Gasteiger charge is 2.38. The van der Waals surface area contributed by atoms with Gasteiger partial charge in [0.25, 0.3) is 0 Å². The summed E-state index contributed by atoms with van der Waals surface area (Å²) >= 11 is 0. The van der Waals surface area contributed by atoms with Gasteiger partial charge in [-0.15, -0.1) is 0 Å². The first-order valence-electron chi connectivity index (χ1n) is 8.67. The highest BCUT2D eigenvalue weighted by molar-refractivity contribution is 7.92.